The average Bonchev–Trinajstić information content (AvgIpc) is 3.01. The van der Waals surface area contributed by atoms with Crippen LogP contribution in [0, 0.1) is 0 Å². The van der Waals surface area contributed by atoms with Gasteiger partial charge in [-0.2, -0.15) is 26.3 Å². The van der Waals surface area contributed by atoms with Crippen molar-refractivity contribution in [1.29, 1.82) is 0 Å². The smallest absolute Gasteiger partial charge is 0.416 e. The third-order valence-corrected chi connectivity index (χ3v) is 4.16. The summed E-state index contributed by atoms with van der Waals surface area (Å²) in [6, 6.07) is 7.85. The Morgan fingerprint density at radius 2 is 1.59 bits per heavy atom. The Morgan fingerprint density at radius 3 is 2.19 bits per heavy atom. The van der Waals surface area contributed by atoms with Crippen molar-refractivity contribution < 1.29 is 35.9 Å². The van der Waals surface area contributed by atoms with Crippen molar-refractivity contribution in [1.82, 2.24) is 5.32 Å². The number of nitrogens with one attached hydrogen (secondary N) is 1. The standard InChI is InChI=1S/C18H13F6NO2/c19-17(20,21)12-5-10(6-13(7-12)18(22,23)24)16(26)25-8-11-9-27-15-4-2-1-3-14(11)15/h1-7,11H,8-9H2,(H,25,26)/t11-/m1/s1. The van der Waals surface area contributed by atoms with Gasteiger partial charge in [0.1, 0.15) is 5.75 Å². The first kappa shape index (κ1) is 19.1. The van der Waals surface area contributed by atoms with Crippen molar-refractivity contribution >= 4 is 5.91 Å². The highest BCUT2D eigenvalue weighted by atomic mass is 19.4. The van der Waals surface area contributed by atoms with Gasteiger partial charge in [-0.25, -0.2) is 0 Å². The lowest BCUT2D eigenvalue weighted by molar-refractivity contribution is -0.143. The number of halogens is 6. The van der Waals surface area contributed by atoms with Gasteiger partial charge in [0.05, 0.1) is 17.7 Å². The molecule has 27 heavy (non-hydrogen) atoms. The molecule has 1 aliphatic heterocycles. The second kappa shape index (κ2) is 6.79. The van der Waals surface area contributed by atoms with Crippen LogP contribution < -0.4 is 10.1 Å². The molecule has 0 bridgehead atoms. The van der Waals surface area contributed by atoms with Crippen molar-refractivity contribution in [3.63, 3.8) is 0 Å². The van der Waals surface area contributed by atoms with Crippen molar-refractivity contribution in [2.24, 2.45) is 0 Å². The minimum atomic E-state index is -5.01. The van der Waals surface area contributed by atoms with Gasteiger partial charge in [0, 0.05) is 23.6 Å². The Kier molecular flexibility index (Phi) is 4.79. The molecule has 0 unspecified atom stereocenters. The fraction of sp³-hybridized carbons (Fsp3) is 0.278. The highest BCUT2D eigenvalue weighted by molar-refractivity contribution is 5.94. The number of ether oxygens (including phenoxy) is 1. The number of carbonyl (C=O) groups excluding carboxylic acids is 1. The molecule has 1 N–H and O–H groups in total. The number of rotatable bonds is 3. The molecule has 0 radical (unpaired) electrons. The molecule has 0 saturated carbocycles. The van der Waals surface area contributed by atoms with Gasteiger partial charge < -0.3 is 10.1 Å². The minimum Gasteiger partial charge on any atom is -0.493 e. The van der Waals surface area contributed by atoms with E-state index < -0.39 is 35.0 Å². The highest BCUT2D eigenvalue weighted by Crippen LogP contribution is 2.36. The second-order valence-corrected chi connectivity index (χ2v) is 6.05. The van der Waals surface area contributed by atoms with Crippen molar-refractivity contribution in [2.45, 2.75) is 18.3 Å². The fourth-order valence-electron chi connectivity index (χ4n) is 2.80. The number of alkyl halides is 6. The molecule has 0 saturated heterocycles. The summed E-state index contributed by atoms with van der Waals surface area (Å²) in [5, 5.41) is 2.39. The van der Waals surface area contributed by atoms with Gasteiger partial charge in [0.2, 0.25) is 0 Å². The van der Waals surface area contributed by atoms with Crippen LogP contribution >= 0.6 is 0 Å². The number of benzene rings is 2. The van der Waals surface area contributed by atoms with E-state index in [0.29, 0.717) is 17.9 Å². The first-order valence-electron chi connectivity index (χ1n) is 7.85. The molecule has 0 aliphatic carbocycles. The van der Waals surface area contributed by atoms with Crippen LogP contribution in [0.25, 0.3) is 0 Å². The third kappa shape index (κ3) is 4.17. The SMILES string of the molecule is O=C(NC[C@@H]1COc2ccccc21)c1cc(C(F)(F)F)cc(C(F)(F)F)c1. The molecule has 0 aromatic heterocycles. The summed E-state index contributed by atoms with van der Waals surface area (Å²) in [6.07, 6.45) is -10.0. The average molecular weight is 389 g/mol. The molecule has 144 valence electrons. The van der Waals surface area contributed by atoms with Crippen LogP contribution in [0.1, 0.15) is 33.0 Å². The van der Waals surface area contributed by atoms with Crippen LogP contribution in [0.2, 0.25) is 0 Å². The Hall–Kier alpha value is -2.71. The normalized spacial score (nSPS) is 16.6. The fourth-order valence-corrected chi connectivity index (χ4v) is 2.80. The topological polar surface area (TPSA) is 38.3 Å². The van der Waals surface area contributed by atoms with Gasteiger partial charge in [0.25, 0.3) is 5.91 Å². The van der Waals surface area contributed by atoms with Crippen LogP contribution in [0.4, 0.5) is 26.3 Å². The lowest BCUT2D eigenvalue weighted by atomic mass is 10.0. The molecule has 9 heteroatoms. The molecule has 1 amide bonds. The largest absolute Gasteiger partial charge is 0.493 e. The van der Waals surface area contributed by atoms with Gasteiger partial charge in [0.15, 0.2) is 0 Å². The zero-order valence-electron chi connectivity index (χ0n) is 13.6. The first-order valence-corrected chi connectivity index (χ1v) is 7.85. The summed E-state index contributed by atoms with van der Waals surface area (Å²) < 4.78 is 82.7. The number of hydrogen-bond acceptors (Lipinski definition) is 2. The number of carbonyl (C=O) groups is 1. The lowest BCUT2D eigenvalue weighted by Gasteiger charge is -2.15. The zero-order valence-corrected chi connectivity index (χ0v) is 13.6. The van der Waals surface area contributed by atoms with E-state index in [-0.39, 0.29) is 25.1 Å². The highest BCUT2D eigenvalue weighted by Gasteiger charge is 2.37. The Balaban J connectivity index is 1.80. The van der Waals surface area contributed by atoms with E-state index in [1.807, 2.05) is 0 Å². The summed E-state index contributed by atoms with van der Waals surface area (Å²) >= 11 is 0. The summed E-state index contributed by atoms with van der Waals surface area (Å²) in [5.74, 6) is -0.621. The van der Waals surface area contributed by atoms with Crippen molar-refractivity contribution in [3.8, 4) is 5.75 Å². The van der Waals surface area contributed by atoms with E-state index in [2.05, 4.69) is 5.32 Å². The molecule has 3 nitrogen and oxygen atoms in total. The monoisotopic (exact) mass is 389 g/mol. The third-order valence-electron chi connectivity index (χ3n) is 4.16. The summed E-state index contributed by atoms with van der Waals surface area (Å²) in [4.78, 5) is 12.2. The second-order valence-electron chi connectivity index (χ2n) is 6.05. The Bertz CT molecular complexity index is 827. The number of amides is 1. The summed E-state index contributed by atoms with van der Waals surface area (Å²) in [5.41, 5.74) is -2.95. The quantitative estimate of drug-likeness (QED) is 0.778. The van der Waals surface area contributed by atoms with E-state index in [1.165, 1.54) is 0 Å². The van der Waals surface area contributed by atoms with Crippen LogP contribution in [0.15, 0.2) is 42.5 Å². The van der Waals surface area contributed by atoms with Crippen molar-refractivity contribution in [2.75, 3.05) is 13.2 Å². The number of para-hydroxylation sites is 1. The molecule has 2 aromatic carbocycles. The maximum absolute atomic E-state index is 12.9. The van der Waals surface area contributed by atoms with E-state index in [0.717, 1.165) is 5.56 Å². The molecule has 2 aromatic rings. The van der Waals surface area contributed by atoms with Gasteiger partial charge >= 0.3 is 12.4 Å². The zero-order chi connectivity index (χ0) is 19.8. The molecule has 0 spiro atoms. The van der Waals surface area contributed by atoms with E-state index in [9.17, 15) is 31.1 Å². The number of fused-ring (bicyclic) bond motifs is 1. The van der Waals surface area contributed by atoms with Gasteiger partial charge in [-0.15, -0.1) is 0 Å². The minimum absolute atomic E-state index is 0.0160. The molecule has 0 fully saturated rings. The first-order chi connectivity index (χ1) is 12.6. The predicted octanol–water partition coefficient (Wildman–Crippen LogP) is 4.63. The van der Waals surface area contributed by atoms with E-state index >= 15 is 0 Å². The predicted molar refractivity (Wildman–Crippen MR) is 83.5 cm³/mol. The van der Waals surface area contributed by atoms with Crippen LogP contribution in [0.3, 0.4) is 0 Å². The Morgan fingerprint density at radius 1 is 1.00 bits per heavy atom. The molecular formula is C18H13F6NO2. The number of hydrogen-bond donors (Lipinski definition) is 1. The van der Waals surface area contributed by atoms with Gasteiger partial charge in [-0.3, -0.25) is 4.79 Å². The van der Waals surface area contributed by atoms with Gasteiger partial charge in [-0.1, -0.05) is 18.2 Å². The van der Waals surface area contributed by atoms with Gasteiger partial charge in [-0.05, 0) is 24.3 Å². The Labute approximate surface area is 149 Å². The van der Waals surface area contributed by atoms with E-state index in [1.54, 1.807) is 24.3 Å². The maximum atomic E-state index is 12.9. The molecular weight excluding hydrogens is 376 g/mol. The van der Waals surface area contributed by atoms with Crippen LogP contribution in [0.5, 0.6) is 5.75 Å². The molecule has 3 rings (SSSR count). The maximum Gasteiger partial charge on any atom is 0.416 e. The van der Waals surface area contributed by atoms with Crippen LogP contribution in [-0.4, -0.2) is 19.1 Å². The van der Waals surface area contributed by atoms with Crippen molar-refractivity contribution in [3.05, 3.63) is 64.7 Å². The summed E-state index contributed by atoms with van der Waals surface area (Å²) in [7, 11) is 0. The van der Waals surface area contributed by atoms with E-state index in [4.69, 9.17) is 4.74 Å². The lowest BCUT2D eigenvalue weighted by Crippen LogP contribution is -2.29. The van der Waals surface area contributed by atoms with Crippen LogP contribution in [-0.2, 0) is 12.4 Å². The molecule has 1 aliphatic rings. The molecule has 1 atom stereocenters. The summed E-state index contributed by atoms with van der Waals surface area (Å²) in [6.45, 7) is 0.281. The molecule has 1 heterocycles.